The average Bonchev–Trinajstić information content (AvgIpc) is 2.96. The van der Waals surface area contributed by atoms with E-state index in [1.807, 2.05) is 23.7 Å². The number of aryl methyl sites for hydroxylation is 1. The molecular weight excluding hydrogens is 385 g/mol. The van der Waals surface area contributed by atoms with Crippen LogP contribution in [0.5, 0.6) is 0 Å². The molecular formula is C15H19Cl2N5O2S. The number of ether oxygens (including phenoxy) is 1. The summed E-state index contributed by atoms with van der Waals surface area (Å²) >= 11 is 7.73. The van der Waals surface area contributed by atoms with Gasteiger partial charge in [0.2, 0.25) is 5.91 Å². The summed E-state index contributed by atoms with van der Waals surface area (Å²) in [7, 11) is 1.87. The van der Waals surface area contributed by atoms with Crippen LogP contribution < -0.4 is 10.6 Å². The smallest absolute Gasteiger partial charge is 0.226 e. The lowest BCUT2D eigenvalue weighted by molar-refractivity contribution is -0.117. The van der Waals surface area contributed by atoms with Gasteiger partial charge in [-0.05, 0) is 30.0 Å². The van der Waals surface area contributed by atoms with Crippen molar-refractivity contribution in [2.45, 2.75) is 22.5 Å². The highest BCUT2D eigenvalue weighted by Crippen LogP contribution is 2.33. The second-order valence-corrected chi connectivity index (χ2v) is 6.87. The predicted molar refractivity (Wildman–Crippen MR) is 99.7 cm³/mol. The molecule has 2 N–H and O–H groups in total. The molecule has 1 aromatic heterocycles. The van der Waals surface area contributed by atoms with E-state index in [-0.39, 0.29) is 24.4 Å². The topological polar surface area (TPSA) is 81.1 Å². The van der Waals surface area contributed by atoms with Crippen molar-refractivity contribution in [2.75, 3.05) is 25.1 Å². The van der Waals surface area contributed by atoms with Gasteiger partial charge in [-0.2, -0.15) is 0 Å². The molecule has 0 bridgehead atoms. The molecule has 2 aromatic rings. The lowest BCUT2D eigenvalue weighted by atomic mass is 10.2. The molecule has 0 radical (unpaired) electrons. The van der Waals surface area contributed by atoms with Crippen LogP contribution in [0, 0.1) is 0 Å². The molecule has 10 heteroatoms. The van der Waals surface area contributed by atoms with E-state index in [4.69, 9.17) is 16.3 Å². The molecule has 3 rings (SSSR count). The minimum atomic E-state index is -0.0669. The summed E-state index contributed by atoms with van der Waals surface area (Å²) in [5.41, 5.74) is 0.670. The second-order valence-electron chi connectivity index (χ2n) is 5.45. The molecule has 1 amide bonds. The van der Waals surface area contributed by atoms with E-state index in [0.29, 0.717) is 30.3 Å². The number of hydrogen-bond acceptors (Lipinski definition) is 6. The van der Waals surface area contributed by atoms with Crippen LogP contribution in [0.1, 0.15) is 6.42 Å². The van der Waals surface area contributed by atoms with Crippen LogP contribution in [0.25, 0.3) is 0 Å². The molecule has 25 heavy (non-hydrogen) atoms. The quantitative estimate of drug-likeness (QED) is 0.797. The number of carbonyl (C=O) groups excluding carboxylic acids is 1. The molecule has 0 saturated carbocycles. The van der Waals surface area contributed by atoms with Gasteiger partial charge in [0.15, 0.2) is 5.16 Å². The summed E-state index contributed by atoms with van der Waals surface area (Å²) in [6, 6.07) is 5.48. The number of morpholine rings is 1. The molecule has 0 spiro atoms. The average molecular weight is 404 g/mol. The molecule has 1 saturated heterocycles. The number of halogens is 2. The van der Waals surface area contributed by atoms with Crippen molar-refractivity contribution < 1.29 is 9.53 Å². The van der Waals surface area contributed by atoms with E-state index in [2.05, 4.69) is 20.8 Å². The van der Waals surface area contributed by atoms with Crippen molar-refractivity contribution in [3.63, 3.8) is 0 Å². The van der Waals surface area contributed by atoms with Gasteiger partial charge in [-0.1, -0.05) is 11.6 Å². The van der Waals surface area contributed by atoms with E-state index in [0.717, 1.165) is 16.6 Å². The Morgan fingerprint density at radius 2 is 2.40 bits per heavy atom. The van der Waals surface area contributed by atoms with Gasteiger partial charge in [0.1, 0.15) is 6.33 Å². The number of rotatable bonds is 5. The minimum absolute atomic E-state index is 0. The fraction of sp³-hybridized carbons (Fsp3) is 0.400. The van der Waals surface area contributed by atoms with Crippen molar-refractivity contribution in [3.05, 3.63) is 29.5 Å². The summed E-state index contributed by atoms with van der Waals surface area (Å²) in [6.45, 7) is 2.03. The van der Waals surface area contributed by atoms with Gasteiger partial charge >= 0.3 is 0 Å². The first-order chi connectivity index (χ1) is 11.6. The standard InChI is InChI=1S/C15H18ClN5O2S.ClH/c1-21-9-18-20-15(21)24-13-3-2-10(6-12(13)16)19-14(22)7-11-8-23-5-4-17-11;/h2-3,6,9,11,17H,4-5,7-8H2,1H3,(H,19,22);1H. The van der Waals surface area contributed by atoms with Crippen molar-refractivity contribution in [1.82, 2.24) is 20.1 Å². The molecule has 1 aliphatic rings. The maximum Gasteiger partial charge on any atom is 0.226 e. The third-order valence-corrected chi connectivity index (χ3v) is 5.07. The van der Waals surface area contributed by atoms with Crippen LogP contribution in [-0.4, -0.2) is 46.5 Å². The largest absolute Gasteiger partial charge is 0.378 e. The van der Waals surface area contributed by atoms with E-state index < -0.39 is 0 Å². The molecule has 1 unspecified atom stereocenters. The van der Waals surface area contributed by atoms with Gasteiger partial charge in [0.05, 0.1) is 18.2 Å². The van der Waals surface area contributed by atoms with Gasteiger partial charge in [-0.3, -0.25) is 4.79 Å². The van der Waals surface area contributed by atoms with Crippen LogP contribution in [0.3, 0.4) is 0 Å². The fourth-order valence-corrected chi connectivity index (χ4v) is 3.38. The first-order valence-electron chi connectivity index (χ1n) is 7.54. The van der Waals surface area contributed by atoms with E-state index in [9.17, 15) is 4.79 Å². The second kappa shape index (κ2) is 9.40. The fourth-order valence-electron chi connectivity index (χ4n) is 2.31. The van der Waals surface area contributed by atoms with Crippen molar-refractivity contribution in [2.24, 2.45) is 7.05 Å². The Bertz CT molecular complexity index is 722. The van der Waals surface area contributed by atoms with E-state index in [1.54, 1.807) is 12.4 Å². The van der Waals surface area contributed by atoms with Gasteiger partial charge < -0.3 is 19.9 Å². The first-order valence-corrected chi connectivity index (χ1v) is 8.73. The molecule has 1 fully saturated rings. The monoisotopic (exact) mass is 403 g/mol. The number of nitrogens with one attached hydrogen (secondary N) is 2. The van der Waals surface area contributed by atoms with Crippen molar-refractivity contribution in [1.29, 1.82) is 0 Å². The highest BCUT2D eigenvalue weighted by atomic mass is 35.5. The predicted octanol–water partition coefficient (Wildman–Crippen LogP) is 2.36. The summed E-state index contributed by atoms with van der Waals surface area (Å²) in [5, 5.41) is 15.3. The maximum atomic E-state index is 12.1. The Kier molecular flexibility index (Phi) is 7.52. The Morgan fingerprint density at radius 1 is 1.56 bits per heavy atom. The molecule has 1 atom stereocenters. The third-order valence-electron chi connectivity index (χ3n) is 3.52. The number of aromatic nitrogens is 3. The molecule has 7 nitrogen and oxygen atoms in total. The van der Waals surface area contributed by atoms with Crippen LogP contribution in [0.4, 0.5) is 5.69 Å². The van der Waals surface area contributed by atoms with Crippen LogP contribution in [0.15, 0.2) is 34.6 Å². The highest BCUT2D eigenvalue weighted by Gasteiger charge is 2.17. The zero-order valence-electron chi connectivity index (χ0n) is 13.6. The molecule has 136 valence electrons. The summed E-state index contributed by atoms with van der Waals surface area (Å²) in [4.78, 5) is 13.0. The zero-order valence-corrected chi connectivity index (χ0v) is 16.0. The van der Waals surface area contributed by atoms with Crippen LogP contribution in [-0.2, 0) is 16.6 Å². The first kappa shape index (κ1) is 20.0. The SMILES string of the molecule is Cl.Cn1cnnc1Sc1ccc(NC(=O)CC2COCCN2)cc1Cl. The third kappa shape index (κ3) is 5.58. The Balaban J connectivity index is 0.00000225. The summed E-state index contributed by atoms with van der Waals surface area (Å²) in [6.07, 6.45) is 2.00. The molecule has 0 aliphatic carbocycles. The van der Waals surface area contributed by atoms with E-state index in [1.165, 1.54) is 11.8 Å². The normalized spacial score (nSPS) is 17.0. The highest BCUT2D eigenvalue weighted by molar-refractivity contribution is 7.99. The number of carbonyl (C=O) groups is 1. The Hall–Kier alpha value is -1.32. The van der Waals surface area contributed by atoms with Gasteiger partial charge in [0.25, 0.3) is 0 Å². The molecule has 2 heterocycles. The Morgan fingerprint density at radius 3 is 3.04 bits per heavy atom. The van der Waals surface area contributed by atoms with Crippen LogP contribution in [0.2, 0.25) is 5.02 Å². The van der Waals surface area contributed by atoms with E-state index >= 15 is 0 Å². The number of amides is 1. The zero-order chi connectivity index (χ0) is 16.9. The van der Waals surface area contributed by atoms with Crippen molar-refractivity contribution in [3.8, 4) is 0 Å². The molecule has 1 aliphatic heterocycles. The number of nitrogens with zero attached hydrogens (tertiary/aromatic N) is 3. The number of hydrogen-bond donors (Lipinski definition) is 2. The lowest BCUT2D eigenvalue weighted by Crippen LogP contribution is -2.43. The summed E-state index contributed by atoms with van der Waals surface area (Å²) in [5.74, 6) is -0.0669. The number of benzene rings is 1. The Labute approximate surface area is 161 Å². The van der Waals surface area contributed by atoms with Crippen molar-refractivity contribution >= 4 is 47.4 Å². The number of anilines is 1. The van der Waals surface area contributed by atoms with Gasteiger partial charge in [0, 0.05) is 36.6 Å². The summed E-state index contributed by atoms with van der Waals surface area (Å²) < 4.78 is 7.16. The van der Waals surface area contributed by atoms with Crippen LogP contribution >= 0.6 is 35.8 Å². The molecule has 1 aromatic carbocycles. The van der Waals surface area contributed by atoms with Gasteiger partial charge in [-0.15, -0.1) is 22.6 Å². The van der Waals surface area contributed by atoms with Gasteiger partial charge in [-0.25, -0.2) is 0 Å². The minimum Gasteiger partial charge on any atom is -0.378 e. The maximum absolute atomic E-state index is 12.1. The lowest BCUT2D eigenvalue weighted by Gasteiger charge is -2.23.